The average Bonchev–Trinajstić information content (AvgIpc) is 1.90. The van der Waals surface area contributed by atoms with E-state index in [1.165, 1.54) is 0 Å². The number of rotatable bonds is 4. The van der Waals surface area contributed by atoms with Crippen molar-refractivity contribution in [1.29, 1.82) is 0 Å². The molecule has 4 nitrogen and oxygen atoms in total. The van der Waals surface area contributed by atoms with Crippen molar-refractivity contribution in [3.8, 4) is 0 Å². The molecule has 0 aliphatic heterocycles. The number of hydrogen-bond acceptors (Lipinski definition) is 4. The van der Waals surface area contributed by atoms with Crippen molar-refractivity contribution in [2.75, 3.05) is 19.8 Å². The van der Waals surface area contributed by atoms with Gasteiger partial charge in [-0.05, 0) is 20.8 Å². The summed E-state index contributed by atoms with van der Waals surface area (Å²) in [5.74, 6) is 0. The largest absolute Gasteiger partial charge is 0.767 e. The highest BCUT2D eigenvalue weighted by atomic mass is 28.3. The minimum atomic E-state index is -2.14. The highest BCUT2D eigenvalue weighted by molar-refractivity contribution is 6.26. The van der Waals surface area contributed by atoms with Gasteiger partial charge in [0.15, 0.2) is 0 Å². The molecule has 0 spiro atoms. The SMILES string of the molecule is CCO.CCO[Si](=O)OCC. The van der Waals surface area contributed by atoms with Gasteiger partial charge in [0, 0.05) is 6.61 Å². The van der Waals surface area contributed by atoms with E-state index in [9.17, 15) is 4.46 Å². The van der Waals surface area contributed by atoms with Gasteiger partial charge in [0.25, 0.3) is 0 Å². The summed E-state index contributed by atoms with van der Waals surface area (Å²) < 4.78 is 19.6. The fourth-order valence-corrected chi connectivity index (χ4v) is 0.832. The standard InChI is InChI=1S/C4H10O3Si.C2H6O/c1-3-6-8(5)7-4-2;1-2-3/h3-4H2,1-2H3;3H,2H2,1H3. The van der Waals surface area contributed by atoms with Crippen LogP contribution in [0.4, 0.5) is 0 Å². The van der Waals surface area contributed by atoms with E-state index in [-0.39, 0.29) is 6.61 Å². The second-order valence-corrected chi connectivity index (χ2v) is 2.51. The van der Waals surface area contributed by atoms with E-state index in [2.05, 4.69) is 8.85 Å². The van der Waals surface area contributed by atoms with Crippen LogP contribution in [0.5, 0.6) is 0 Å². The molecule has 5 heteroatoms. The summed E-state index contributed by atoms with van der Waals surface area (Å²) in [6, 6.07) is 0. The van der Waals surface area contributed by atoms with Crippen LogP contribution in [0, 0.1) is 0 Å². The normalized spacial score (nSPS) is 7.64. The summed E-state index contributed by atoms with van der Waals surface area (Å²) in [7, 11) is -2.14. The van der Waals surface area contributed by atoms with Crippen molar-refractivity contribution in [2.45, 2.75) is 20.8 Å². The lowest BCUT2D eigenvalue weighted by Gasteiger charge is -1.97. The second kappa shape index (κ2) is 12.3. The summed E-state index contributed by atoms with van der Waals surface area (Å²) in [5, 5.41) is 7.57. The van der Waals surface area contributed by atoms with Crippen molar-refractivity contribution in [1.82, 2.24) is 0 Å². The van der Waals surface area contributed by atoms with Crippen LogP contribution in [0.25, 0.3) is 0 Å². The molecule has 0 atom stereocenters. The molecule has 0 unspecified atom stereocenters. The van der Waals surface area contributed by atoms with Crippen LogP contribution in [0.15, 0.2) is 0 Å². The molecule has 68 valence electrons. The zero-order valence-electron chi connectivity index (χ0n) is 7.29. The van der Waals surface area contributed by atoms with Gasteiger partial charge in [-0.15, -0.1) is 0 Å². The third-order valence-corrected chi connectivity index (χ3v) is 1.57. The molecule has 1 N–H and O–H groups in total. The molecule has 0 aliphatic rings. The monoisotopic (exact) mass is 180 g/mol. The third-order valence-electron chi connectivity index (χ3n) is 0.524. The lowest BCUT2D eigenvalue weighted by Crippen LogP contribution is -2.11. The van der Waals surface area contributed by atoms with E-state index in [1.54, 1.807) is 20.8 Å². The summed E-state index contributed by atoms with van der Waals surface area (Å²) in [5.41, 5.74) is 0. The third kappa shape index (κ3) is 17.7. The molecule has 0 saturated heterocycles. The molecular formula is C6H16O4Si. The molecule has 0 aromatic carbocycles. The Kier molecular flexibility index (Phi) is 14.7. The number of aliphatic hydroxyl groups excluding tert-OH is 1. The fourth-order valence-electron chi connectivity index (χ4n) is 0.277. The summed E-state index contributed by atoms with van der Waals surface area (Å²) in [6.07, 6.45) is 0. The number of aliphatic hydroxyl groups is 1. The van der Waals surface area contributed by atoms with Crippen LogP contribution >= 0.6 is 0 Å². The van der Waals surface area contributed by atoms with E-state index in [0.29, 0.717) is 13.2 Å². The van der Waals surface area contributed by atoms with Crippen LogP contribution in [0.3, 0.4) is 0 Å². The van der Waals surface area contributed by atoms with Gasteiger partial charge in [-0.1, -0.05) is 0 Å². The van der Waals surface area contributed by atoms with Gasteiger partial charge >= 0.3 is 9.17 Å². The molecule has 0 saturated carbocycles. The molecular weight excluding hydrogens is 164 g/mol. The van der Waals surface area contributed by atoms with Crippen molar-refractivity contribution in [3.63, 3.8) is 0 Å². The smallest absolute Gasteiger partial charge is 0.496 e. The highest BCUT2D eigenvalue weighted by Crippen LogP contribution is 1.76. The molecule has 0 aromatic heterocycles. The van der Waals surface area contributed by atoms with E-state index in [4.69, 9.17) is 5.11 Å². The Bertz CT molecular complexity index is 78.7. The van der Waals surface area contributed by atoms with Gasteiger partial charge in [-0.3, -0.25) is 4.46 Å². The quantitative estimate of drug-likeness (QED) is 0.639. The lowest BCUT2D eigenvalue weighted by molar-refractivity contribution is 0.183. The molecule has 0 heterocycles. The molecule has 0 bridgehead atoms. The molecule has 11 heavy (non-hydrogen) atoms. The maximum Gasteiger partial charge on any atom is 0.767 e. The van der Waals surface area contributed by atoms with Gasteiger partial charge < -0.3 is 14.0 Å². The maximum atomic E-state index is 10.4. The Morgan fingerprint density at radius 2 is 1.45 bits per heavy atom. The zero-order chi connectivity index (χ0) is 9.11. The molecule has 0 rings (SSSR count). The highest BCUT2D eigenvalue weighted by Gasteiger charge is 2.05. The molecule has 0 aliphatic carbocycles. The topological polar surface area (TPSA) is 55.8 Å². The number of hydrogen-bond donors (Lipinski definition) is 1. The fraction of sp³-hybridized carbons (Fsp3) is 1.00. The van der Waals surface area contributed by atoms with Crippen LogP contribution in [0.1, 0.15) is 20.8 Å². The Morgan fingerprint density at radius 1 is 1.18 bits per heavy atom. The first kappa shape index (κ1) is 13.2. The van der Waals surface area contributed by atoms with Crippen LogP contribution in [0.2, 0.25) is 0 Å². The van der Waals surface area contributed by atoms with Gasteiger partial charge in [0.05, 0.1) is 13.2 Å². The van der Waals surface area contributed by atoms with E-state index < -0.39 is 9.17 Å². The molecule has 0 fully saturated rings. The second-order valence-electron chi connectivity index (χ2n) is 1.43. The molecule has 0 aromatic rings. The summed E-state index contributed by atoms with van der Waals surface area (Å²) >= 11 is 0. The summed E-state index contributed by atoms with van der Waals surface area (Å²) in [4.78, 5) is 0. The molecule has 0 radical (unpaired) electrons. The first-order valence-corrected chi connectivity index (χ1v) is 4.85. The van der Waals surface area contributed by atoms with Crippen LogP contribution in [-0.2, 0) is 13.3 Å². The van der Waals surface area contributed by atoms with Crippen LogP contribution < -0.4 is 0 Å². The van der Waals surface area contributed by atoms with Crippen molar-refractivity contribution >= 4 is 9.17 Å². The zero-order valence-corrected chi connectivity index (χ0v) is 8.29. The predicted octanol–water partition coefficient (Wildman–Crippen LogP) is 0.473. The van der Waals surface area contributed by atoms with Crippen LogP contribution in [-0.4, -0.2) is 34.1 Å². The van der Waals surface area contributed by atoms with Gasteiger partial charge in [-0.25, -0.2) is 0 Å². The average molecular weight is 180 g/mol. The Balaban J connectivity index is 0. The maximum absolute atomic E-state index is 10.4. The summed E-state index contributed by atoms with van der Waals surface area (Å²) in [6.45, 7) is 6.40. The first-order valence-electron chi connectivity index (χ1n) is 3.63. The van der Waals surface area contributed by atoms with Gasteiger partial charge in [-0.2, -0.15) is 0 Å². The predicted molar refractivity (Wildman–Crippen MR) is 42.5 cm³/mol. The van der Waals surface area contributed by atoms with Crippen molar-refractivity contribution in [2.24, 2.45) is 0 Å². The molecule has 0 amide bonds. The Morgan fingerprint density at radius 3 is 1.64 bits per heavy atom. The minimum Gasteiger partial charge on any atom is -0.496 e. The van der Waals surface area contributed by atoms with E-state index in [1.807, 2.05) is 0 Å². The van der Waals surface area contributed by atoms with E-state index >= 15 is 0 Å². The Hall–Kier alpha value is -0.423. The lowest BCUT2D eigenvalue weighted by atomic mass is 10.9. The minimum absolute atomic E-state index is 0.250. The van der Waals surface area contributed by atoms with Gasteiger partial charge in [0.2, 0.25) is 0 Å². The first-order chi connectivity index (χ1) is 5.22. The van der Waals surface area contributed by atoms with Gasteiger partial charge in [0.1, 0.15) is 0 Å². The van der Waals surface area contributed by atoms with E-state index in [0.717, 1.165) is 0 Å². The van der Waals surface area contributed by atoms with Crippen molar-refractivity contribution < 1.29 is 18.4 Å². The Labute approximate surface area is 69.0 Å². The van der Waals surface area contributed by atoms with Crippen molar-refractivity contribution in [3.05, 3.63) is 0 Å².